The SMILES string of the molecule is CN=C(NCCC1=CCOCC1)NC1CC1C.I. The van der Waals surface area contributed by atoms with Gasteiger partial charge in [0.05, 0.1) is 13.2 Å². The van der Waals surface area contributed by atoms with Crippen LogP contribution in [0.1, 0.15) is 26.2 Å². The van der Waals surface area contributed by atoms with E-state index in [1.54, 1.807) is 0 Å². The van der Waals surface area contributed by atoms with Crippen molar-refractivity contribution in [2.75, 3.05) is 26.8 Å². The third kappa shape index (κ3) is 5.14. The first-order valence-corrected chi connectivity index (χ1v) is 6.52. The van der Waals surface area contributed by atoms with E-state index in [0.29, 0.717) is 6.04 Å². The molecule has 1 saturated carbocycles. The number of halogens is 1. The molecule has 0 radical (unpaired) electrons. The van der Waals surface area contributed by atoms with Crippen LogP contribution in [0, 0.1) is 5.92 Å². The molecule has 1 aliphatic heterocycles. The van der Waals surface area contributed by atoms with Gasteiger partial charge >= 0.3 is 0 Å². The van der Waals surface area contributed by atoms with Gasteiger partial charge in [-0.25, -0.2) is 0 Å². The first kappa shape index (κ1) is 15.8. The molecular formula is C13H24IN3O. The van der Waals surface area contributed by atoms with Gasteiger partial charge in [0.2, 0.25) is 0 Å². The van der Waals surface area contributed by atoms with Crippen molar-refractivity contribution in [3.8, 4) is 0 Å². The molecule has 0 aromatic heterocycles. The highest BCUT2D eigenvalue weighted by molar-refractivity contribution is 14.0. The summed E-state index contributed by atoms with van der Waals surface area (Å²) in [5.41, 5.74) is 1.50. The molecule has 4 nitrogen and oxygen atoms in total. The van der Waals surface area contributed by atoms with Crippen molar-refractivity contribution in [3.63, 3.8) is 0 Å². The fourth-order valence-corrected chi connectivity index (χ4v) is 2.03. The van der Waals surface area contributed by atoms with Gasteiger partial charge in [0.1, 0.15) is 0 Å². The third-order valence-electron chi connectivity index (χ3n) is 3.45. The van der Waals surface area contributed by atoms with Crippen LogP contribution in [-0.4, -0.2) is 38.8 Å². The largest absolute Gasteiger partial charge is 0.377 e. The summed E-state index contributed by atoms with van der Waals surface area (Å²) in [6.07, 6.45) is 5.63. The van der Waals surface area contributed by atoms with Crippen LogP contribution in [0.5, 0.6) is 0 Å². The van der Waals surface area contributed by atoms with E-state index in [0.717, 1.165) is 44.5 Å². The third-order valence-corrected chi connectivity index (χ3v) is 3.45. The van der Waals surface area contributed by atoms with E-state index in [1.807, 2.05) is 7.05 Å². The molecule has 104 valence electrons. The summed E-state index contributed by atoms with van der Waals surface area (Å²) in [7, 11) is 1.83. The maximum Gasteiger partial charge on any atom is 0.191 e. The van der Waals surface area contributed by atoms with E-state index >= 15 is 0 Å². The molecule has 0 aromatic rings. The summed E-state index contributed by atoms with van der Waals surface area (Å²) in [6.45, 7) is 4.87. The number of ether oxygens (including phenoxy) is 1. The van der Waals surface area contributed by atoms with E-state index in [4.69, 9.17) is 4.74 Å². The molecule has 2 rings (SSSR count). The van der Waals surface area contributed by atoms with Crippen LogP contribution in [0.25, 0.3) is 0 Å². The van der Waals surface area contributed by atoms with Crippen molar-refractivity contribution < 1.29 is 4.74 Å². The Bertz CT molecular complexity index is 317. The molecule has 1 fully saturated rings. The maximum absolute atomic E-state index is 5.29. The zero-order valence-corrected chi connectivity index (χ0v) is 13.6. The quantitative estimate of drug-likeness (QED) is 0.346. The summed E-state index contributed by atoms with van der Waals surface area (Å²) in [6, 6.07) is 0.628. The molecule has 2 unspecified atom stereocenters. The second-order valence-electron chi connectivity index (χ2n) is 4.90. The fraction of sp³-hybridized carbons (Fsp3) is 0.769. The summed E-state index contributed by atoms with van der Waals surface area (Å²) < 4.78 is 5.29. The highest BCUT2D eigenvalue weighted by Crippen LogP contribution is 2.28. The van der Waals surface area contributed by atoms with Crippen LogP contribution in [0.2, 0.25) is 0 Å². The average molecular weight is 365 g/mol. The Morgan fingerprint density at radius 3 is 2.89 bits per heavy atom. The fourth-order valence-electron chi connectivity index (χ4n) is 2.03. The van der Waals surface area contributed by atoms with Crippen molar-refractivity contribution >= 4 is 29.9 Å². The Labute approximate surface area is 127 Å². The minimum Gasteiger partial charge on any atom is -0.377 e. The summed E-state index contributed by atoms with van der Waals surface area (Å²) in [5, 5.41) is 6.79. The van der Waals surface area contributed by atoms with Gasteiger partial charge in [-0.15, -0.1) is 24.0 Å². The van der Waals surface area contributed by atoms with E-state index in [2.05, 4.69) is 28.6 Å². The molecule has 0 amide bonds. The molecule has 2 atom stereocenters. The van der Waals surface area contributed by atoms with Crippen LogP contribution >= 0.6 is 24.0 Å². The van der Waals surface area contributed by atoms with Crippen molar-refractivity contribution in [1.29, 1.82) is 0 Å². The predicted octanol–water partition coefficient (Wildman–Crippen LogP) is 1.91. The standard InChI is InChI=1S/C13H23N3O.HI/c1-10-9-12(10)16-13(14-2)15-6-3-11-4-7-17-8-5-11;/h4,10,12H,3,5-9H2,1-2H3,(H2,14,15,16);1H. The number of nitrogens with one attached hydrogen (secondary N) is 2. The first-order chi connectivity index (χ1) is 8.29. The van der Waals surface area contributed by atoms with Crippen LogP contribution in [-0.2, 0) is 4.74 Å². The Balaban J connectivity index is 0.00000162. The molecule has 2 aliphatic rings. The molecule has 0 spiro atoms. The Morgan fingerprint density at radius 2 is 2.33 bits per heavy atom. The zero-order valence-electron chi connectivity index (χ0n) is 11.2. The number of hydrogen-bond donors (Lipinski definition) is 2. The second kappa shape index (κ2) is 7.99. The van der Waals surface area contributed by atoms with Gasteiger partial charge in [-0.1, -0.05) is 18.6 Å². The average Bonchev–Trinajstić information content (AvgIpc) is 3.05. The van der Waals surface area contributed by atoms with Gasteiger partial charge in [0.25, 0.3) is 0 Å². The highest BCUT2D eigenvalue weighted by atomic mass is 127. The number of aliphatic imine (C=N–C) groups is 1. The Hall–Kier alpha value is -0.300. The molecule has 0 saturated heterocycles. The topological polar surface area (TPSA) is 45.7 Å². The first-order valence-electron chi connectivity index (χ1n) is 6.52. The zero-order chi connectivity index (χ0) is 12.1. The van der Waals surface area contributed by atoms with Crippen LogP contribution in [0.4, 0.5) is 0 Å². The lowest BCUT2D eigenvalue weighted by Gasteiger charge is -2.15. The van der Waals surface area contributed by atoms with Gasteiger partial charge in [-0.2, -0.15) is 0 Å². The monoisotopic (exact) mass is 365 g/mol. The lowest BCUT2D eigenvalue weighted by atomic mass is 10.1. The molecule has 0 bridgehead atoms. The predicted molar refractivity (Wildman–Crippen MR) is 85.6 cm³/mol. The Morgan fingerprint density at radius 1 is 1.56 bits per heavy atom. The maximum atomic E-state index is 5.29. The summed E-state index contributed by atoms with van der Waals surface area (Å²) in [5.74, 6) is 1.73. The minimum atomic E-state index is 0. The molecule has 5 heteroatoms. The van der Waals surface area contributed by atoms with Crippen molar-refractivity contribution in [3.05, 3.63) is 11.6 Å². The Kier molecular flexibility index (Phi) is 6.99. The normalized spacial score (nSPS) is 27.0. The van der Waals surface area contributed by atoms with Gasteiger partial charge in [0, 0.05) is 19.6 Å². The van der Waals surface area contributed by atoms with E-state index < -0.39 is 0 Å². The number of hydrogen-bond acceptors (Lipinski definition) is 2. The number of nitrogens with zero attached hydrogens (tertiary/aromatic N) is 1. The highest BCUT2D eigenvalue weighted by Gasteiger charge is 2.33. The van der Waals surface area contributed by atoms with E-state index in [9.17, 15) is 0 Å². The van der Waals surface area contributed by atoms with E-state index in [1.165, 1.54) is 12.0 Å². The summed E-state index contributed by atoms with van der Waals surface area (Å²) >= 11 is 0. The van der Waals surface area contributed by atoms with Crippen LogP contribution < -0.4 is 10.6 Å². The van der Waals surface area contributed by atoms with Crippen molar-refractivity contribution in [1.82, 2.24) is 10.6 Å². The van der Waals surface area contributed by atoms with Gasteiger partial charge in [-0.05, 0) is 25.2 Å². The smallest absolute Gasteiger partial charge is 0.191 e. The minimum absolute atomic E-state index is 0. The van der Waals surface area contributed by atoms with Gasteiger partial charge in [-0.3, -0.25) is 4.99 Å². The second-order valence-corrected chi connectivity index (χ2v) is 4.90. The molecule has 1 heterocycles. The van der Waals surface area contributed by atoms with Gasteiger partial charge in [0.15, 0.2) is 5.96 Å². The molecule has 1 aliphatic carbocycles. The number of rotatable bonds is 4. The van der Waals surface area contributed by atoms with Crippen LogP contribution in [0.15, 0.2) is 16.6 Å². The van der Waals surface area contributed by atoms with Gasteiger partial charge < -0.3 is 15.4 Å². The lowest BCUT2D eigenvalue weighted by molar-refractivity contribution is 0.153. The number of guanidine groups is 1. The van der Waals surface area contributed by atoms with Crippen molar-refractivity contribution in [2.45, 2.75) is 32.2 Å². The molecule has 18 heavy (non-hydrogen) atoms. The van der Waals surface area contributed by atoms with E-state index in [-0.39, 0.29) is 24.0 Å². The van der Waals surface area contributed by atoms with Crippen LogP contribution in [0.3, 0.4) is 0 Å². The lowest BCUT2D eigenvalue weighted by Crippen LogP contribution is -2.39. The molecule has 2 N–H and O–H groups in total. The van der Waals surface area contributed by atoms with Crippen molar-refractivity contribution in [2.24, 2.45) is 10.9 Å². The molecule has 0 aromatic carbocycles. The molecular weight excluding hydrogens is 341 g/mol. The summed E-state index contributed by atoms with van der Waals surface area (Å²) in [4.78, 5) is 4.24.